The highest BCUT2D eigenvalue weighted by atomic mass is 16.2. The van der Waals surface area contributed by atoms with E-state index in [1.165, 1.54) is 5.56 Å². The van der Waals surface area contributed by atoms with Crippen LogP contribution >= 0.6 is 0 Å². The maximum Gasteiger partial charge on any atom is 0.274 e. The lowest BCUT2D eigenvalue weighted by Gasteiger charge is -2.32. The van der Waals surface area contributed by atoms with Gasteiger partial charge in [0.05, 0.1) is 12.5 Å². The van der Waals surface area contributed by atoms with Crippen LogP contribution in [0.1, 0.15) is 84.1 Å². The number of fused-ring (bicyclic) bond motifs is 1. The number of amides is 3. The Hall–Kier alpha value is -3.16. The van der Waals surface area contributed by atoms with Crippen LogP contribution in [0.15, 0.2) is 24.3 Å². The van der Waals surface area contributed by atoms with E-state index in [0.29, 0.717) is 49.9 Å². The van der Waals surface area contributed by atoms with E-state index in [1.807, 2.05) is 36.2 Å². The summed E-state index contributed by atoms with van der Waals surface area (Å²) < 4.78 is 1.78. The number of carbonyl (C=O) groups excluding carboxylic acids is 3. The van der Waals surface area contributed by atoms with Crippen LogP contribution in [0.5, 0.6) is 0 Å². The van der Waals surface area contributed by atoms with E-state index >= 15 is 0 Å². The van der Waals surface area contributed by atoms with Crippen LogP contribution in [0, 0.1) is 5.92 Å². The van der Waals surface area contributed by atoms with Gasteiger partial charge in [-0.3, -0.25) is 19.1 Å². The number of rotatable bonds is 4. The van der Waals surface area contributed by atoms with Crippen molar-refractivity contribution in [3.05, 3.63) is 52.3 Å². The molecule has 3 aliphatic rings. The Bertz CT molecular complexity index is 1170. The van der Waals surface area contributed by atoms with E-state index in [2.05, 4.69) is 31.2 Å². The number of piperidine rings is 1. The number of nitrogens with zero attached hydrogens (tertiary/aromatic N) is 4. The van der Waals surface area contributed by atoms with Crippen LogP contribution < -0.4 is 5.32 Å². The molecule has 1 saturated carbocycles. The molecule has 1 N–H and O–H groups in total. The summed E-state index contributed by atoms with van der Waals surface area (Å²) in [6, 6.07) is 8.16. The number of likely N-dealkylation sites (tertiary alicyclic amines) is 1. The Balaban J connectivity index is 1.31. The molecule has 192 valence electrons. The first-order valence-electron chi connectivity index (χ1n) is 13.2. The van der Waals surface area contributed by atoms with Gasteiger partial charge in [0.2, 0.25) is 5.91 Å². The zero-order chi connectivity index (χ0) is 25.6. The zero-order valence-corrected chi connectivity index (χ0v) is 21.8. The van der Waals surface area contributed by atoms with E-state index in [4.69, 9.17) is 0 Å². The highest BCUT2D eigenvalue weighted by Crippen LogP contribution is 2.28. The smallest absolute Gasteiger partial charge is 0.274 e. The summed E-state index contributed by atoms with van der Waals surface area (Å²) >= 11 is 0. The molecule has 1 aliphatic carbocycles. The van der Waals surface area contributed by atoms with Crippen molar-refractivity contribution in [1.82, 2.24) is 24.9 Å². The van der Waals surface area contributed by atoms with Gasteiger partial charge in [-0.25, -0.2) is 0 Å². The molecule has 1 atom stereocenters. The number of benzene rings is 1. The fourth-order valence-corrected chi connectivity index (χ4v) is 5.30. The second-order valence-corrected chi connectivity index (χ2v) is 11.6. The minimum Gasteiger partial charge on any atom is -0.353 e. The molecular formula is C28H37N5O3. The third-order valence-corrected chi connectivity index (χ3v) is 7.73. The maximum absolute atomic E-state index is 13.6. The van der Waals surface area contributed by atoms with Crippen LogP contribution in [0.4, 0.5) is 0 Å². The average molecular weight is 492 g/mol. The lowest BCUT2D eigenvalue weighted by Crippen LogP contribution is -2.46. The summed E-state index contributed by atoms with van der Waals surface area (Å²) in [4.78, 5) is 43.1. The molecule has 0 radical (unpaired) electrons. The van der Waals surface area contributed by atoms with Crippen LogP contribution in [-0.4, -0.2) is 63.0 Å². The van der Waals surface area contributed by atoms with Crippen LogP contribution in [0.3, 0.4) is 0 Å². The number of carbonyl (C=O) groups is 3. The maximum atomic E-state index is 13.6. The highest BCUT2D eigenvalue weighted by molar-refractivity contribution is 5.96. The molecule has 2 fully saturated rings. The second-order valence-electron chi connectivity index (χ2n) is 11.6. The quantitative estimate of drug-likeness (QED) is 0.712. The Morgan fingerprint density at radius 3 is 2.36 bits per heavy atom. The van der Waals surface area contributed by atoms with E-state index in [0.717, 1.165) is 36.9 Å². The van der Waals surface area contributed by atoms with Gasteiger partial charge < -0.3 is 15.1 Å². The molecule has 1 unspecified atom stereocenters. The SMILES string of the molecule is Cn1nc(C(=O)N2CCCC(C(=O)NC3CC3)C2)c2c1CCN(C(=O)c1ccc(C(C)(C)C)cc1)C2. The Labute approximate surface area is 213 Å². The molecule has 1 aromatic heterocycles. The first-order valence-corrected chi connectivity index (χ1v) is 13.2. The van der Waals surface area contributed by atoms with Crippen LogP contribution in [0.2, 0.25) is 0 Å². The average Bonchev–Trinajstić information content (AvgIpc) is 3.63. The molecule has 8 nitrogen and oxygen atoms in total. The molecule has 2 aliphatic heterocycles. The molecule has 36 heavy (non-hydrogen) atoms. The molecule has 1 aromatic carbocycles. The van der Waals surface area contributed by atoms with Crippen molar-refractivity contribution in [3.8, 4) is 0 Å². The third kappa shape index (κ3) is 4.90. The fraction of sp³-hybridized carbons (Fsp3) is 0.571. The Morgan fingerprint density at radius 1 is 0.972 bits per heavy atom. The van der Waals surface area contributed by atoms with E-state index in [9.17, 15) is 14.4 Å². The summed E-state index contributed by atoms with van der Waals surface area (Å²) in [5.41, 5.74) is 4.12. The predicted molar refractivity (Wildman–Crippen MR) is 137 cm³/mol. The first kappa shape index (κ1) is 24.5. The van der Waals surface area contributed by atoms with Crippen molar-refractivity contribution in [2.45, 2.75) is 70.9 Å². The third-order valence-electron chi connectivity index (χ3n) is 7.73. The van der Waals surface area contributed by atoms with Gasteiger partial charge in [-0.1, -0.05) is 32.9 Å². The molecule has 0 spiro atoms. The highest BCUT2D eigenvalue weighted by Gasteiger charge is 2.35. The standard InChI is InChI=1S/C28H37N5O3/c1-28(2,3)20-9-7-18(8-10-20)26(35)33-15-13-23-22(17-33)24(30-31(23)4)27(36)32-14-5-6-19(16-32)25(34)29-21-11-12-21/h7-10,19,21H,5-6,11-17H2,1-4H3,(H,29,34). The topological polar surface area (TPSA) is 87.5 Å². The van der Waals surface area contributed by atoms with Crippen molar-refractivity contribution < 1.29 is 14.4 Å². The number of hydrogen-bond donors (Lipinski definition) is 1. The van der Waals surface area contributed by atoms with Crippen molar-refractivity contribution in [2.24, 2.45) is 13.0 Å². The number of aromatic nitrogens is 2. The van der Waals surface area contributed by atoms with Gasteiger partial charge in [0.15, 0.2) is 5.69 Å². The monoisotopic (exact) mass is 491 g/mol. The van der Waals surface area contributed by atoms with Crippen LogP contribution in [-0.2, 0) is 30.2 Å². The van der Waals surface area contributed by atoms with Gasteiger partial charge >= 0.3 is 0 Å². The Kier molecular flexibility index (Phi) is 6.39. The van der Waals surface area contributed by atoms with Gasteiger partial charge in [-0.2, -0.15) is 5.10 Å². The molecule has 1 saturated heterocycles. The van der Waals surface area contributed by atoms with Crippen LogP contribution in [0.25, 0.3) is 0 Å². The molecule has 2 aromatic rings. The normalized spacial score (nSPS) is 20.2. The first-order chi connectivity index (χ1) is 17.1. The van der Waals surface area contributed by atoms with E-state index in [-0.39, 0.29) is 29.1 Å². The molecule has 3 heterocycles. The van der Waals surface area contributed by atoms with Gasteiger partial charge in [0.1, 0.15) is 0 Å². The van der Waals surface area contributed by atoms with Crippen molar-refractivity contribution in [1.29, 1.82) is 0 Å². The molecule has 0 bridgehead atoms. The van der Waals surface area contributed by atoms with Gasteiger partial charge in [0, 0.05) is 56.0 Å². The minimum absolute atomic E-state index is 0.0264. The number of nitrogens with one attached hydrogen (secondary N) is 1. The minimum atomic E-state index is -0.169. The Morgan fingerprint density at radius 2 is 1.69 bits per heavy atom. The lowest BCUT2D eigenvalue weighted by molar-refractivity contribution is -0.126. The van der Waals surface area contributed by atoms with E-state index in [1.54, 1.807) is 9.58 Å². The number of aryl methyl sites for hydroxylation is 1. The van der Waals surface area contributed by atoms with Crippen molar-refractivity contribution in [3.63, 3.8) is 0 Å². The van der Waals surface area contributed by atoms with Gasteiger partial charge in [-0.05, 0) is 48.8 Å². The van der Waals surface area contributed by atoms with Crippen molar-refractivity contribution in [2.75, 3.05) is 19.6 Å². The summed E-state index contributed by atoms with van der Waals surface area (Å²) in [6.07, 6.45) is 4.37. The molecule has 5 rings (SSSR count). The second kappa shape index (κ2) is 9.37. The summed E-state index contributed by atoms with van der Waals surface area (Å²) in [5.74, 6) is -0.276. The van der Waals surface area contributed by atoms with Gasteiger partial charge in [0.25, 0.3) is 11.8 Å². The summed E-state index contributed by atoms with van der Waals surface area (Å²) in [5, 5.41) is 7.67. The fourth-order valence-electron chi connectivity index (χ4n) is 5.30. The molecule has 3 amide bonds. The molecule has 8 heteroatoms. The number of hydrogen-bond acceptors (Lipinski definition) is 4. The lowest BCUT2D eigenvalue weighted by atomic mass is 9.86. The summed E-state index contributed by atoms with van der Waals surface area (Å²) in [6.45, 7) is 8.46. The summed E-state index contributed by atoms with van der Waals surface area (Å²) in [7, 11) is 1.86. The van der Waals surface area contributed by atoms with E-state index < -0.39 is 0 Å². The predicted octanol–water partition coefficient (Wildman–Crippen LogP) is 3.05. The van der Waals surface area contributed by atoms with Crippen molar-refractivity contribution >= 4 is 17.7 Å². The molecular weight excluding hydrogens is 454 g/mol. The van der Waals surface area contributed by atoms with Gasteiger partial charge in [-0.15, -0.1) is 0 Å². The zero-order valence-electron chi connectivity index (χ0n) is 21.8. The largest absolute Gasteiger partial charge is 0.353 e.